The van der Waals surface area contributed by atoms with E-state index in [9.17, 15) is 0 Å². The Balaban J connectivity index is 1.76. The molecule has 1 aromatic carbocycles. The van der Waals surface area contributed by atoms with Crippen LogP contribution in [0.15, 0.2) is 52.0 Å². The summed E-state index contributed by atoms with van der Waals surface area (Å²) in [5, 5.41) is 4.67. The predicted molar refractivity (Wildman–Crippen MR) is 104 cm³/mol. The molecule has 3 rings (SSSR count). The molecule has 0 bridgehead atoms. The van der Waals surface area contributed by atoms with Crippen molar-refractivity contribution in [2.75, 3.05) is 13.3 Å². The summed E-state index contributed by atoms with van der Waals surface area (Å²) in [6.07, 6.45) is 3.74. The van der Waals surface area contributed by atoms with Crippen molar-refractivity contribution in [3.05, 3.63) is 53.0 Å². The van der Waals surface area contributed by atoms with E-state index >= 15 is 0 Å². The van der Waals surface area contributed by atoms with Crippen molar-refractivity contribution in [2.45, 2.75) is 31.6 Å². The van der Waals surface area contributed by atoms with E-state index in [1.807, 2.05) is 21.4 Å². The van der Waals surface area contributed by atoms with Crippen LogP contribution in [0.1, 0.15) is 12.5 Å². The van der Waals surface area contributed by atoms with Gasteiger partial charge in [-0.15, -0.1) is 16.9 Å². The lowest BCUT2D eigenvalue weighted by Gasteiger charge is -2.16. The van der Waals surface area contributed by atoms with Gasteiger partial charge in [0.2, 0.25) is 0 Å². The van der Waals surface area contributed by atoms with E-state index in [-0.39, 0.29) is 0 Å². The molecule has 0 spiro atoms. The molecule has 25 heavy (non-hydrogen) atoms. The highest BCUT2D eigenvalue weighted by atomic mass is 32.2. The highest BCUT2D eigenvalue weighted by Crippen LogP contribution is 2.19. The van der Waals surface area contributed by atoms with Crippen molar-refractivity contribution < 1.29 is 4.42 Å². The fourth-order valence-corrected chi connectivity index (χ4v) is 3.45. The quantitative estimate of drug-likeness (QED) is 0.450. The Morgan fingerprint density at radius 1 is 1.24 bits per heavy atom. The summed E-state index contributed by atoms with van der Waals surface area (Å²) in [7, 11) is 2.07. The second-order valence-corrected chi connectivity index (χ2v) is 7.08. The lowest BCUT2D eigenvalue weighted by molar-refractivity contribution is 0.244. The molecule has 0 N–H and O–H groups in total. The zero-order valence-corrected chi connectivity index (χ0v) is 16.3. The molecule has 7 heteroatoms. The SMILES string of the molecule is CCn1c(-c2ccco2)nn(CN(C)Cc2ccc(SC)cc2)c1=S. The average Bonchev–Trinajstić information content (AvgIpc) is 3.24. The van der Waals surface area contributed by atoms with Crippen LogP contribution in [0, 0.1) is 4.77 Å². The summed E-state index contributed by atoms with van der Waals surface area (Å²) < 4.78 is 10.1. The molecule has 0 aliphatic carbocycles. The topological polar surface area (TPSA) is 39.1 Å². The number of thioether (sulfide) groups is 1. The highest BCUT2D eigenvalue weighted by molar-refractivity contribution is 7.98. The third-order valence-electron chi connectivity index (χ3n) is 3.97. The second kappa shape index (κ2) is 8.03. The normalized spacial score (nSPS) is 11.4. The Bertz CT molecular complexity index is 866. The van der Waals surface area contributed by atoms with Crippen LogP contribution in [0.2, 0.25) is 0 Å². The number of rotatable bonds is 7. The molecule has 0 aliphatic rings. The molecule has 132 valence electrons. The minimum atomic E-state index is 0.629. The van der Waals surface area contributed by atoms with Crippen molar-refractivity contribution in [1.29, 1.82) is 0 Å². The third kappa shape index (κ3) is 4.05. The van der Waals surface area contributed by atoms with E-state index in [1.165, 1.54) is 10.5 Å². The van der Waals surface area contributed by atoms with E-state index < -0.39 is 0 Å². The predicted octanol–water partition coefficient (Wildman–Crippen LogP) is 4.51. The van der Waals surface area contributed by atoms with Crippen LogP contribution in [-0.2, 0) is 19.8 Å². The summed E-state index contributed by atoms with van der Waals surface area (Å²) in [6, 6.07) is 12.4. The third-order valence-corrected chi connectivity index (χ3v) is 5.14. The molecule has 0 saturated carbocycles. The first-order chi connectivity index (χ1) is 12.1. The molecule has 0 unspecified atom stereocenters. The minimum absolute atomic E-state index is 0.629. The van der Waals surface area contributed by atoms with Crippen molar-refractivity contribution in [1.82, 2.24) is 19.2 Å². The standard InChI is InChI=1S/C18H22N4OS2/c1-4-21-17(16-6-5-11-23-16)19-22(18(21)24)13-20(2)12-14-7-9-15(25-3)10-8-14/h5-11H,4,12-13H2,1-3H3. The van der Waals surface area contributed by atoms with Crippen LogP contribution in [0.25, 0.3) is 11.6 Å². The Labute approximate surface area is 157 Å². The van der Waals surface area contributed by atoms with Gasteiger partial charge < -0.3 is 4.42 Å². The van der Waals surface area contributed by atoms with Gasteiger partial charge in [-0.3, -0.25) is 9.47 Å². The molecule has 2 heterocycles. The van der Waals surface area contributed by atoms with Gasteiger partial charge in [0.25, 0.3) is 0 Å². The van der Waals surface area contributed by atoms with E-state index in [1.54, 1.807) is 18.0 Å². The van der Waals surface area contributed by atoms with Crippen molar-refractivity contribution in [2.24, 2.45) is 0 Å². The number of hydrogen-bond acceptors (Lipinski definition) is 5. The van der Waals surface area contributed by atoms with Gasteiger partial charge in [-0.05, 0) is 62.3 Å². The minimum Gasteiger partial charge on any atom is -0.461 e. The van der Waals surface area contributed by atoms with Crippen LogP contribution in [0.5, 0.6) is 0 Å². The van der Waals surface area contributed by atoms with Crippen LogP contribution >= 0.6 is 24.0 Å². The van der Waals surface area contributed by atoms with Crippen LogP contribution in [0.4, 0.5) is 0 Å². The molecular weight excluding hydrogens is 352 g/mol. The highest BCUT2D eigenvalue weighted by Gasteiger charge is 2.14. The molecule has 0 saturated heterocycles. The number of benzene rings is 1. The Morgan fingerprint density at radius 2 is 2.00 bits per heavy atom. The first-order valence-electron chi connectivity index (χ1n) is 8.15. The van der Waals surface area contributed by atoms with Crippen LogP contribution in [0.3, 0.4) is 0 Å². The Hall–Kier alpha value is -1.83. The summed E-state index contributed by atoms with van der Waals surface area (Å²) in [4.78, 5) is 3.47. The van der Waals surface area contributed by atoms with Gasteiger partial charge in [-0.1, -0.05) is 12.1 Å². The first kappa shape index (κ1) is 18.0. The number of nitrogens with zero attached hydrogens (tertiary/aromatic N) is 4. The maximum Gasteiger partial charge on any atom is 0.199 e. The summed E-state index contributed by atoms with van der Waals surface area (Å²) in [5.41, 5.74) is 1.27. The summed E-state index contributed by atoms with van der Waals surface area (Å²) in [6.45, 7) is 4.29. The van der Waals surface area contributed by atoms with Crippen molar-refractivity contribution >= 4 is 24.0 Å². The molecule has 0 aliphatic heterocycles. The number of hydrogen-bond donors (Lipinski definition) is 0. The van der Waals surface area contributed by atoms with Gasteiger partial charge in [-0.2, -0.15) is 0 Å². The van der Waals surface area contributed by atoms with Gasteiger partial charge >= 0.3 is 0 Å². The Morgan fingerprint density at radius 3 is 2.60 bits per heavy atom. The first-order valence-corrected chi connectivity index (χ1v) is 9.78. The molecule has 0 amide bonds. The molecule has 2 aromatic heterocycles. The van der Waals surface area contributed by atoms with Crippen LogP contribution in [-0.4, -0.2) is 32.6 Å². The maximum absolute atomic E-state index is 5.59. The Kier molecular flexibility index (Phi) is 5.78. The van der Waals surface area contributed by atoms with Gasteiger partial charge in [0, 0.05) is 18.0 Å². The summed E-state index contributed by atoms with van der Waals surface area (Å²) in [5.74, 6) is 1.51. The van der Waals surface area contributed by atoms with E-state index in [2.05, 4.69) is 54.5 Å². The van der Waals surface area contributed by atoms with Crippen molar-refractivity contribution in [3.8, 4) is 11.6 Å². The van der Waals surface area contributed by atoms with E-state index in [0.717, 1.165) is 24.7 Å². The molecule has 0 fully saturated rings. The fraction of sp³-hybridized carbons (Fsp3) is 0.333. The van der Waals surface area contributed by atoms with Gasteiger partial charge in [-0.25, -0.2) is 4.68 Å². The number of furan rings is 1. The lowest BCUT2D eigenvalue weighted by Crippen LogP contribution is -2.22. The van der Waals surface area contributed by atoms with Crippen LogP contribution < -0.4 is 0 Å². The second-order valence-electron chi connectivity index (χ2n) is 5.83. The average molecular weight is 375 g/mol. The molecular formula is C18H22N4OS2. The smallest absolute Gasteiger partial charge is 0.199 e. The molecule has 3 aromatic rings. The van der Waals surface area contributed by atoms with Gasteiger partial charge in [0.15, 0.2) is 16.4 Å². The van der Waals surface area contributed by atoms with Gasteiger partial charge in [0.1, 0.15) is 0 Å². The monoisotopic (exact) mass is 374 g/mol. The zero-order valence-electron chi connectivity index (χ0n) is 14.7. The van der Waals surface area contributed by atoms with Crippen molar-refractivity contribution in [3.63, 3.8) is 0 Å². The van der Waals surface area contributed by atoms with E-state index in [0.29, 0.717) is 11.4 Å². The lowest BCUT2D eigenvalue weighted by atomic mass is 10.2. The molecule has 0 atom stereocenters. The van der Waals surface area contributed by atoms with Gasteiger partial charge in [0.05, 0.1) is 12.9 Å². The molecule has 5 nitrogen and oxygen atoms in total. The van der Waals surface area contributed by atoms with E-state index in [4.69, 9.17) is 16.6 Å². The fourth-order valence-electron chi connectivity index (χ4n) is 2.73. The largest absolute Gasteiger partial charge is 0.461 e. The zero-order chi connectivity index (χ0) is 17.8. The molecule has 0 radical (unpaired) electrons. The maximum atomic E-state index is 5.59. The number of aromatic nitrogens is 3. The summed E-state index contributed by atoms with van der Waals surface area (Å²) >= 11 is 7.35.